The van der Waals surface area contributed by atoms with E-state index in [4.69, 9.17) is 10.8 Å². The van der Waals surface area contributed by atoms with E-state index in [2.05, 4.69) is 15.3 Å². The summed E-state index contributed by atoms with van der Waals surface area (Å²) in [5, 5.41) is 11.7. The van der Waals surface area contributed by atoms with Gasteiger partial charge in [0.15, 0.2) is 17.3 Å². The van der Waals surface area contributed by atoms with E-state index in [0.717, 1.165) is 83.9 Å². The molecule has 0 atom stereocenters. The number of nitrogens with two attached hydrogens (primary N) is 1. The number of carboxylic acids is 1. The van der Waals surface area contributed by atoms with Crippen LogP contribution in [0.25, 0.3) is 44.5 Å². The summed E-state index contributed by atoms with van der Waals surface area (Å²) in [5.41, 5.74) is 21.5. The second-order valence-corrected chi connectivity index (χ2v) is 22.6. The van der Waals surface area contributed by atoms with Gasteiger partial charge in [0.05, 0.1) is 5.56 Å². The number of carbonyl (C=O) groups excluding carboxylic acids is 7. The molecule has 0 unspecified atom stereocenters. The van der Waals surface area contributed by atoms with Crippen molar-refractivity contribution in [2.45, 2.75) is 86.6 Å². The number of amides is 4. The highest BCUT2D eigenvalue weighted by atomic mass is 16.4. The Balaban J connectivity index is 0.000000200. The monoisotopic (exact) mass is 1310 g/mol. The average molecular weight is 1310 g/mol. The summed E-state index contributed by atoms with van der Waals surface area (Å²) in [5.74, 6) is -0.430. The zero-order chi connectivity index (χ0) is 71.1. The number of anilines is 4. The highest BCUT2D eigenvalue weighted by Crippen LogP contribution is 2.28. The number of hydrogen-bond donors (Lipinski definition) is 3. The molecule has 10 aromatic rings. The summed E-state index contributed by atoms with van der Waals surface area (Å²) >= 11 is 0. The Bertz CT molecular complexity index is 4090. The first kappa shape index (κ1) is 75.4. The molecule has 4 N–H and O–H groups in total. The molecular formula is C82H85N7O9. The van der Waals surface area contributed by atoms with Crippen LogP contribution in [0.4, 0.5) is 22.7 Å². The number of Topliss-reactive ketones (excluding diaryl/α,β-unsaturated/α-hetero) is 3. The van der Waals surface area contributed by atoms with E-state index in [1.165, 1.54) is 0 Å². The molecule has 2 heterocycles. The van der Waals surface area contributed by atoms with Crippen molar-refractivity contribution in [1.29, 1.82) is 0 Å². The van der Waals surface area contributed by atoms with Crippen LogP contribution in [0.2, 0.25) is 0 Å². The van der Waals surface area contributed by atoms with Crippen LogP contribution in [0.1, 0.15) is 126 Å². The molecule has 0 aliphatic carbocycles. The molecule has 16 heteroatoms. The second kappa shape index (κ2) is 38.7. The molecule has 10 rings (SSSR count). The number of carbonyl (C=O) groups is 8. The summed E-state index contributed by atoms with van der Waals surface area (Å²) in [7, 11) is 5.32. The van der Waals surface area contributed by atoms with E-state index in [-0.39, 0.29) is 46.5 Å². The number of ketones is 3. The van der Waals surface area contributed by atoms with Crippen molar-refractivity contribution in [3.8, 4) is 44.5 Å². The van der Waals surface area contributed by atoms with E-state index in [1.807, 2.05) is 222 Å². The number of aromatic nitrogens is 2. The Morgan fingerprint density at radius 1 is 0.388 bits per heavy atom. The van der Waals surface area contributed by atoms with Crippen LogP contribution in [0.3, 0.4) is 0 Å². The number of nitrogens with zero attached hydrogens (tertiary/aromatic N) is 5. The highest BCUT2D eigenvalue weighted by molar-refractivity contribution is 5.98. The van der Waals surface area contributed by atoms with Crippen LogP contribution in [0.5, 0.6) is 0 Å². The molecule has 16 nitrogen and oxygen atoms in total. The molecule has 0 fully saturated rings. The lowest BCUT2D eigenvalue weighted by atomic mass is 9.99. The summed E-state index contributed by atoms with van der Waals surface area (Å²) < 4.78 is 0. The van der Waals surface area contributed by atoms with E-state index >= 15 is 0 Å². The van der Waals surface area contributed by atoms with Gasteiger partial charge in [-0.25, -0.2) is 4.79 Å². The third-order valence-electron chi connectivity index (χ3n) is 15.9. The summed E-state index contributed by atoms with van der Waals surface area (Å²) in [6.07, 6.45) is 10.1. The minimum Gasteiger partial charge on any atom is -0.478 e. The first-order valence-electron chi connectivity index (χ1n) is 32.3. The molecular weight excluding hydrogens is 1230 g/mol. The fourth-order valence-corrected chi connectivity index (χ4v) is 9.69. The number of aryl methyl sites for hydroxylation is 1. The van der Waals surface area contributed by atoms with E-state index in [0.29, 0.717) is 56.2 Å². The smallest absolute Gasteiger partial charge is 0.335 e. The van der Waals surface area contributed by atoms with Gasteiger partial charge >= 0.3 is 5.97 Å². The standard InChI is InChI=1S/C24H24N2O2.C18H19NO2.C17H17NO3.C17H17NO2.C6H8N2/c1-3-24(28)26(2)22-13-11-20(12-14-22)19-7-9-21(10-8-19)23(27)15-6-18-5-4-16-25-17-18;1-4-18(21)19(3)17-11-9-16(10-12-17)15-7-5-14(6-8-15)13(2)20;1-3-16(19)18(2)15-10-8-13(9-11-15)12-4-6-14(7-5-12)17(20)21;1-3-17(20)18-16-10-8-15(9-11-16)14-6-4-13(5-7-14)12(2)19;7-4-6-2-1-3-8-5-6/h4-5,7-14,16-17H,3,6,15H2,1-2H3;5-12H,4H2,1-3H3;4-11H,3H2,1-2H3,(H,20,21);4-11H,3H2,1-2H3,(H,18,20);1-3,5H,4,7H2. The van der Waals surface area contributed by atoms with E-state index in [1.54, 1.807) is 98.7 Å². The lowest BCUT2D eigenvalue weighted by Crippen LogP contribution is -2.24. The van der Waals surface area contributed by atoms with Crippen LogP contribution in [-0.4, -0.2) is 83.2 Å². The third-order valence-corrected chi connectivity index (χ3v) is 15.9. The summed E-state index contributed by atoms with van der Waals surface area (Å²) in [6.45, 7) is 11.0. The van der Waals surface area contributed by atoms with Gasteiger partial charge in [0.25, 0.3) is 0 Å². The van der Waals surface area contributed by atoms with Gasteiger partial charge in [-0.3, -0.25) is 43.5 Å². The van der Waals surface area contributed by atoms with Crippen molar-refractivity contribution in [3.63, 3.8) is 0 Å². The van der Waals surface area contributed by atoms with Crippen LogP contribution >= 0.6 is 0 Å². The van der Waals surface area contributed by atoms with Crippen LogP contribution in [-0.2, 0) is 32.1 Å². The molecule has 98 heavy (non-hydrogen) atoms. The predicted molar refractivity (Wildman–Crippen MR) is 394 cm³/mol. The maximum atomic E-state index is 12.4. The minimum atomic E-state index is -0.934. The third kappa shape index (κ3) is 23.1. The number of benzene rings is 8. The Kier molecular flexibility index (Phi) is 29.8. The predicted octanol–water partition coefficient (Wildman–Crippen LogP) is 16.7. The highest BCUT2D eigenvalue weighted by Gasteiger charge is 2.14. The Hall–Kier alpha value is -11.6. The zero-order valence-electron chi connectivity index (χ0n) is 57.1. The number of nitrogens with one attached hydrogen (secondary N) is 1. The maximum Gasteiger partial charge on any atom is 0.335 e. The normalized spacial score (nSPS) is 10.2. The van der Waals surface area contributed by atoms with Crippen molar-refractivity contribution < 1.29 is 43.5 Å². The molecule has 0 spiro atoms. The van der Waals surface area contributed by atoms with Gasteiger partial charge in [-0.2, -0.15) is 0 Å². The van der Waals surface area contributed by atoms with Crippen molar-refractivity contribution in [2.75, 3.05) is 41.2 Å². The molecule has 0 bridgehead atoms. The van der Waals surface area contributed by atoms with E-state index < -0.39 is 5.97 Å². The van der Waals surface area contributed by atoms with Gasteiger partial charge < -0.3 is 30.9 Å². The van der Waals surface area contributed by atoms with Crippen molar-refractivity contribution >= 4 is 69.7 Å². The first-order chi connectivity index (χ1) is 47.2. The maximum absolute atomic E-state index is 12.4. The molecule has 0 radical (unpaired) electrons. The van der Waals surface area contributed by atoms with Crippen LogP contribution in [0, 0.1) is 0 Å². The number of pyridine rings is 2. The summed E-state index contributed by atoms with van der Waals surface area (Å²) in [4.78, 5) is 105. The van der Waals surface area contributed by atoms with Crippen LogP contribution in [0.15, 0.2) is 243 Å². The van der Waals surface area contributed by atoms with Gasteiger partial charge in [0.2, 0.25) is 23.6 Å². The molecule has 0 saturated heterocycles. The fraction of sp³-hybridized carbons (Fsp3) is 0.195. The first-order valence-corrected chi connectivity index (χ1v) is 32.3. The topological polar surface area (TPSA) is 230 Å². The molecule has 0 saturated carbocycles. The van der Waals surface area contributed by atoms with E-state index in [9.17, 15) is 38.4 Å². The number of hydrogen-bond acceptors (Lipinski definition) is 11. The van der Waals surface area contributed by atoms with Gasteiger partial charge in [-0.05, 0) is 149 Å². The fourth-order valence-electron chi connectivity index (χ4n) is 9.69. The van der Waals surface area contributed by atoms with Gasteiger partial charge in [0, 0.05) is 124 Å². The van der Waals surface area contributed by atoms with Gasteiger partial charge in [0.1, 0.15) is 0 Å². The van der Waals surface area contributed by atoms with Crippen molar-refractivity contribution in [1.82, 2.24) is 9.97 Å². The lowest BCUT2D eigenvalue weighted by molar-refractivity contribution is -0.118. The van der Waals surface area contributed by atoms with Gasteiger partial charge in [-0.1, -0.05) is 173 Å². The average Bonchev–Trinajstić information content (AvgIpc) is 0.893. The van der Waals surface area contributed by atoms with Crippen LogP contribution < -0.4 is 25.8 Å². The van der Waals surface area contributed by atoms with Crippen molar-refractivity contribution in [3.05, 3.63) is 277 Å². The molecule has 0 aliphatic rings. The summed E-state index contributed by atoms with van der Waals surface area (Å²) in [6, 6.07) is 68.1. The molecule has 4 amide bonds. The number of carboxylic acid groups (broad SMARTS) is 1. The number of rotatable bonds is 20. The quantitative estimate of drug-likeness (QED) is 0.0605. The Labute approximate surface area is 574 Å². The SMILES string of the molecule is CCC(=O)N(C)c1ccc(-c2ccc(C(=O)CCc3cccnc3)cc2)cc1.CCC(=O)N(C)c1ccc(-c2ccc(C(=O)O)cc2)cc1.CCC(=O)N(C)c1ccc(-c2ccc(C(C)=O)cc2)cc1.CCC(=O)Nc1ccc(-c2ccc(C(C)=O)cc2)cc1.NCc1cccnc1. The second-order valence-electron chi connectivity index (χ2n) is 22.6. The Morgan fingerprint density at radius 3 is 0.949 bits per heavy atom. The Morgan fingerprint density at radius 2 is 0.684 bits per heavy atom. The molecule has 0 aliphatic heterocycles. The largest absolute Gasteiger partial charge is 0.478 e. The lowest BCUT2D eigenvalue weighted by Gasteiger charge is -2.16. The molecule has 8 aromatic carbocycles. The minimum absolute atomic E-state index is 0.00330. The zero-order valence-corrected chi connectivity index (χ0v) is 57.1. The van der Waals surface area contributed by atoms with Gasteiger partial charge in [-0.15, -0.1) is 0 Å². The molecule has 502 valence electrons. The van der Waals surface area contributed by atoms with Crippen molar-refractivity contribution in [2.24, 2.45) is 5.73 Å². The number of aromatic carboxylic acids is 1. The molecule has 2 aromatic heterocycles.